The molecule has 19 heavy (non-hydrogen) atoms. The van der Waals surface area contributed by atoms with Crippen LogP contribution in [0.3, 0.4) is 0 Å². The minimum absolute atomic E-state index is 0.354. The predicted octanol–water partition coefficient (Wildman–Crippen LogP) is 4.37. The maximum absolute atomic E-state index is 9.18. The standard InChI is InChI=1S/C17H38NO/c1-4-7-10-11-15-18(13-8-5-2,14-9-6-3)16-12-17-19/h19H,4-17H2,1-3H3/q+1. The first-order valence-electron chi connectivity index (χ1n) is 8.70. The number of unbranched alkanes of at least 4 members (excludes halogenated alkanes) is 5. The molecule has 0 aliphatic rings. The molecular weight excluding hydrogens is 234 g/mol. The molecule has 0 saturated carbocycles. The molecule has 0 heterocycles. The van der Waals surface area contributed by atoms with Gasteiger partial charge in [-0.25, -0.2) is 0 Å². The molecule has 0 saturated heterocycles. The Morgan fingerprint density at radius 2 is 1.05 bits per heavy atom. The molecule has 0 atom stereocenters. The van der Waals surface area contributed by atoms with Gasteiger partial charge in [0.05, 0.1) is 26.2 Å². The van der Waals surface area contributed by atoms with Crippen molar-refractivity contribution in [1.29, 1.82) is 0 Å². The molecule has 0 fully saturated rings. The van der Waals surface area contributed by atoms with E-state index in [0.717, 1.165) is 6.42 Å². The Balaban J connectivity index is 4.38. The summed E-state index contributed by atoms with van der Waals surface area (Å²) in [6.45, 7) is 12.4. The number of aliphatic hydroxyl groups is 1. The monoisotopic (exact) mass is 272 g/mol. The molecule has 0 aromatic rings. The molecule has 116 valence electrons. The average molecular weight is 272 g/mol. The topological polar surface area (TPSA) is 20.2 Å². The van der Waals surface area contributed by atoms with Gasteiger partial charge >= 0.3 is 0 Å². The highest BCUT2D eigenvalue weighted by Gasteiger charge is 2.25. The van der Waals surface area contributed by atoms with Crippen LogP contribution in [-0.2, 0) is 0 Å². The van der Waals surface area contributed by atoms with E-state index >= 15 is 0 Å². The summed E-state index contributed by atoms with van der Waals surface area (Å²) in [7, 11) is 0. The van der Waals surface area contributed by atoms with Gasteiger partial charge in [-0.15, -0.1) is 0 Å². The van der Waals surface area contributed by atoms with E-state index in [-0.39, 0.29) is 0 Å². The van der Waals surface area contributed by atoms with Crippen LogP contribution in [0, 0.1) is 0 Å². The van der Waals surface area contributed by atoms with E-state index < -0.39 is 0 Å². The summed E-state index contributed by atoms with van der Waals surface area (Å²) in [5.74, 6) is 0. The van der Waals surface area contributed by atoms with Crippen LogP contribution >= 0.6 is 0 Å². The molecule has 0 rings (SSSR count). The quantitative estimate of drug-likeness (QED) is 0.368. The molecule has 2 heteroatoms. The first kappa shape index (κ1) is 18.9. The Labute approximate surface area is 121 Å². The Hall–Kier alpha value is -0.0800. The smallest absolute Gasteiger partial charge is 0.0808 e. The SMILES string of the molecule is CCCCCC[N+](CCCC)(CCCC)CCCO. The Kier molecular flexibility index (Phi) is 12.9. The van der Waals surface area contributed by atoms with Gasteiger partial charge in [0.15, 0.2) is 0 Å². The third-order valence-corrected chi connectivity index (χ3v) is 4.25. The maximum atomic E-state index is 9.18. The second-order valence-electron chi connectivity index (χ2n) is 6.08. The zero-order chi connectivity index (χ0) is 14.4. The van der Waals surface area contributed by atoms with Crippen molar-refractivity contribution < 1.29 is 9.59 Å². The summed E-state index contributed by atoms with van der Waals surface area (Å²) < 4.78 is 1.27. The van der Waals surface area contributed by atoms with E-state index in [1.807, 2.05) is 0 Å². The fourth-order valence-electron chi connectivity index (χ4n) is 2.94. The molecule has 0 bridgehead atoms. The van der Waals surface area contributed by atoms with Crippen LogP contribution < -0.4 is 0 Å². The van der Waals surface area contributed by atoms with Gasteiger partial charge in [0.1, 0.15) is 0 Å². The highest BCUT2D eigenvalue weighted by Crippen LogP contribution is 2.16. The number of nitrogens with zero attached hydrogens (tertiary/aromatic N) is 1. The van der Waals surface area contributed by atoms with E-state index in [9.17, 15) is 5.11 Å². The van der Waals surface area contributed by atoms with Crippen LogP contribution in [0.1, 0.15) is 78.6 Å². The first-order valence-corrected chi connectivity index (χ1v) is 8.70. The van der Waals surface area contributed by atoms with E-state index in [1.54, 1.807) is 0 Å². The molecule has 0 aliphatic heterocycles. The first-order chi connectivity index (χ1) is 9.24. The van der Waals surface area contributed by atoms with Crippen molar-refractivity contribution in [3.63, 3.8) is 0 Å². The van der Waals surface area contributed by atoms with Crippen LogP contribution in [0.15, 0.2) is 0 Å². The number of quaternary nitrogens is 1. The number of hydrogen-bond acceptors (Lipinski definition) is 1. The Morgan fingerprint density at radius 1 is 0.579 bits per heavy atom. The normalized spacial score (nSPS) is 12.0. The van der Waals surface area contributed by atoms with Crippen LogP contribution in [0.5, 0.6) is 0 Å². The van der Waals surface area contributed by atoms with E-state index in [4.69, 9.17) is 0 Å². The van der Waals surface area contributed by atoms with E-state index in [1.165, 1.54) is 82.0 Å². The summed E-state index contributed by atoms with van der Waals surface area (Å²) in [4.78, 5) is 0. The third-order valence-electron chi connectivity index (χ3n) is 4.25. The molecule has 0 spiro atoms. The summed E-state index contributed by atoms with van der Waals surface area (Å²) >= 11 is 0. The third kappa shape index (κ3) is 9.45. The Bertz CT molecular complexity index is 160. The van der Waals surface area contributed by atoms with Gasteiger partial charge in [-0.1, -0.05) is 46.5 Å². The molecule has 0 unspecified atom stereocenters. The van der Waals surface area contributed by atoms with Crippen molar-refractivity contribution in [1.82, 2.24) is 0 Å². The van der Waals surface area contributed by atoms with Crippen LogP contribution in [0.2, 0.25) is 0 Å². The van der Waals surface area contributed by atoms with E-state index in [0.29, 0.717) is 6.61 Å². The van der Waals surface area contributed by atoms with Gasteiger partial charge in [0.25, 0.3) is 0 Å². The molecule has 0 aromatic heterocycles. The van der Waals surface area contributed by atoms with Gasteiger partial charge in [-0.05, 0) is 25.7 Å². The highest BCUT2D eigenvalue weighted by molar-refractivity contribution is 4.50. The van der Waals surface area contributed by atoms with Crippen LogP contribution in [0.4, 0.5) is 0 Å². The number of aliphatic hydroxyl groups excluding tert-OH is 1. The lowest BCUT2D eigenvalue weighted by Crippen LogP contribution is -2.51. The molecule has 2 nitrogen and oxygen atoms in total. The van der Waals surface area contributed by atoms with Gasteiger partial charge in [-0.3, -0.25) is 0 Å². The second-order valence-corrected chi connectivity index (χ2v) is 6.08. The average Bonchev–Trinajstić information content (AvgIpc) is 2.44. The lowest BCUT2D eigenvalue weighted by atomic mass is 10.1. The molecule has 0 radical (unpaired) electrons. The van der Waals surface area contributed by atoms with Gasteiger partial charge in [-0.2, -0.15) is 0 Å². The van der Waals surface area contributed by atoms with Gasteiger partial charge in [0, 0.05) is 13.0 Å². The molecular formula is C17H38NO+. The second kappa shape index (κ2) is 12.9. The predicted molar refractivity (Wildman–Crippen MR) is 85.4 cm³/mol. The Morgan fingerprint density at radius 3 is 1.53 bits per heavy atom. The highest BCUT2D eigenvalue weighted by atomic mass is 16.3. The fourth-order valence-corrected chi connectivity index (χ4v) is 2.94. The lowest BCUT2D eigenvalue weighted by molar-refractivity contribution is -0.929. The summed E-state index contributed by atoms with van der Waals surface area (Å²) in [6, 6.07) is 0. The minimum Gasteiger partial charge on any atom is -0.396 e. The van der Waals surface area contributed by atoms with Crippen molar-refractivity contribution in [2.45, 2.75) is 78.6 Å². The van der Waals surface area contributed by atoms with Crippen molar-refractivity contribution in [2.24, 2.45) is 0 Å². The molecule has 0 amide bonds. The largest absolute Gasteiger partial charge is 0.396 e. The van der Waals surface area contributed by atoms with Gasteiger partial charge in [0.2, 0.25) is 0 Å². The molecule has 0 aromatic carbocycles. The zero-order valence-corrected chi connectivity index (χ0v) is 13.8. The van der Waals surface area contributed by atoms with Crippen LogP contribution in [0.25, 0.3) is 0 Å². The lowest BCUT2D eigenvalue weighted by Gasteiger charge is -2.39. The van der Waals surface area contributed by atoms with Crippen LogP contribution in [-0.4, -0.2) is 42.4 Å². The fraction of sp³-hybridized carbons (Fsp3) is 1.00. The van der Waals surface area contributed by atoms with E-state index in [2.05, 4.69) is 20.8 Å². The molecule has 0 aliphatic carbocycles. The maximum Gasteiger partial charge on any atom is 0.0808 e. The summed E-state index contributed by atoms with van der Waals surface area (Å²) in [6.07, 6.45) is 11.7. The molecule has 1 N–H and O–H groups in total. The summed E-state index contributed by atoms with van der Waals surface area (Å²) in [5, 5.41) is 9.18. The van der Waals surface area contributed by atoms with Crippen molar-refractivity contribution in [3.8, 4) is 0 Å². The summed E-state index contributed by atoms with van der Waals surface area (Å²) in [5.41, 5.74) is 0. The minimum atomic E-state index is 0.354. The number of rotatable bonds is 14. The van der Waals surface area contributed by atoms with Crippen molar-refractivity contribution >= 4 is 0 Å². The van der Waals surface area contributed by atoms with Crippen molar-refractivity contribution in [3.05, 3.63) is 0 Å². The van der Waals surface area contributed by atoms with Gasteiger partial charge < -0.3 is 9.59 Å². The van der Waals surface area contributed by atoms with Crippen molar-refractivity contribution in [2.75, 3.05) is 32.8 Å². The zero-order valence-electron chi connectivity index (χ0n) is 13.8. The number of hydrogen-bond donors (Lipinski definition) is 1.